The molecule has 1 saturated carbocycles. The molecular weight excluding hydrogens is 242 g/mol. The van der Waals surface area contributed by atoms with Gasteiger partial charge in [0.15, 0.2) is 0 Å². The molecule has 1 unspecified atom stereocenters. The van der Waals surface area contributed by atoms with Crippen LogP contribution in [-0.4, -0.2) is 18.0 Å². The summed E-state index contributed by atoms with van der Waals surface area (Å²) in [4.78, 5) is 23.3. The summed E-state index contributed by atoms with van der Waals surface area (Å²) in [6.45, 7) is 0. The highest BCUT2D eigenvalue weighted by atomic mass is 16.2. The summed E-state index contributed by atoms with van der Waals surface area (Å²) in [6, 6.07) is 7.91. The second-order valence-electron chi connectivity index (χ2n) is 4.84. The van der Waals surface area contributed by atoms with Gasteiger partial charge in [0.1, 0.15) is 6.04 Å². The number of rotatable bonds is 4. The van der Waals surface area contributed by atoms with Crippen molar-refractivity contribution in [3.05, 3.63) is 35.9 Å². The third-order valence-corrected chi connectivity index (χ3v) is 3.38. The molecule has 3 amide bonds. The molecule has 1 atom stereocenters. The summed E-state index contributed by atoms with van der Waals surface area (Å²) < 4.78 is 0. The van der Waals surface area contributed by atoms with Crippen LogP contribution in [0, 0.1) is 0 Å². The molecule has 0 aliphatic heterocycles. The second-order valence-corrected chi connectivity index (χ2v) is 4.84. The van der Waals surface area contributed by atoms with Gasteiger partial charge in [0.25, 0.3) is 0 Å². The Hall–Kier alpha value is -2.04. The minimum absolute atomic E-state index is 0.197. The van der Waals surface area contributed by atoms with Crippen LogP contribution in [0.25, 0.3) is 0 Å². The molecule has 1 aromatic rings. The first-order valence-electron chi connectivity index (χ1n) is 6.58. The van der Waals surface area contributed by atoms with Gasteiger partial charge in [-0.15, -0.1) is 0 Å². The van der Waals surface area contributed by atoms with Crippen LogP contribution in [0.15, 0.2) is 30.3 Å². The van der Waals surface area contributed by atoms with E-state index < -0.39 is 12.1 Å². The Morgan fingerprint density at radius 1 is 1.16 bits per heavy atom. The van der Waals surface area contributed by atoms with Gasteiger partial charge in [-0.05, 0) is 18.4 Å². The Kier molecular flexibility index (Phi) is 4.39. The number of hydrogen-bond acceptors (Lipinski definition) is 2. The highest BCUT2D eigenvalue weighted by Gasteiger charge is 2.25. The maximum atomic E-state index is 12.3. The van der Waals surface area contributed by atoms with Gasteiger partial charge in [0.05, 0.1) is 0 Å². The molecule has 1 fully saturated rings. The Morgan fingerprint density at radius 2 is 1.79 bits per heavy atom. The Bertz CT molecular complexity index is 441. The summed E-state index contributed by atoms with van der Waals surface area (Å²) >= 11 is 0. The molecule has 0 saturated heterocycles. The molecule has 102 valence electrons. The molecule has 1 aromatic carbocycles. The van der Waals surface area contributed by atoms with Crippen LogP contribution in [0.5, 0.6) is 0 Å². The lowest BCUT2D eigenvalue weighted by molar-refractivity contribution is -0.123. The summed E-state index contributed by atoms with van der Waals surface area (Å²) in [5.41, 5.74) is 5.88. The fourth-order valence-electron chi connectivity index (χ4n) is 2.44. The van der Waals surface area contributed by atoms with Crippen LogP contribution in [0.1, 0.15) is 37.3 Å². The molecule has 19 heavy (non-hydrogen) atoms. The van der Waals surface area contributed by atoms with E-state index in [-0.39, 0.29) is 11.9 Å². The summed E-state index contributed by atoms with van der Waals surface area (Å²) in [5, 5.41) is 5.47. The number of urea groups is 1. The molecule has 0 aromatic heterocycles. The molecule has 4 N–H and O–H groups in total. The molecule has 5 heteroatoms. The molecule has 0 heterocycles. The zero-order valence-electron chi connectivity index (χ0n) is 10.8. The van der Waals surface area contributed by atoms with Crippen LogP contribution >= 0.6 is 0 Å². The number of hydrogen-bond donors (Lipinski definition) is 3. The van der Waals surface area contributed by atoms with Crippen molar-refractivity contribution in [2.24, 2.45) is 5.73 Å². The maximum absolute atomic E-state index is 12.3. The van der Waals surface area contributed by atoms with Gasteiger partial charge in [-0.2, -0.15) is 0 Å². The van der Waals surface area contributed by atoms with Crippen LogP contribution in [0.3, 0.4) is 0 Å². The van der Waals surface area contributed by atoms with Crippen molar-refractivity contribution in [3.63, 3.8) is 0 Å². The lowest BCUT2D eigenvalue weighted by atomic mass is 10.1. The smallest absolute Gasteiger partial charge is 0.313 e. The van der Waals surface area contributed by atoms with Gasteiger partial charge in [-0.3, -0.25) is 4.79 Å². The lowest BCUT2D eigenvalue weighted by Crippen LogP contribution is -2.45. The average Bonchev–Trinajstić information content (AvgIpc) is 2.89. The molecular formula is C14H19N3O2. The molecule has 0 radical (unpaired) electrons. The standard InChI is InChI=1S/C14H19N3O2/c15-14(19)17-12(10-6-2-1-3-7-10)13(18)16-11-8-4-5-9-11/h1-3,6-7,11-12H,4-5,8-9H2,(H,16,18)(H3,15,17,19). The molecule has 5 nitrogen and oxygen atoms in total. The zero-order valence-corrected chi connectivity index (χ0v) is 10.8. The number of benzene rings is 1. The third kappa shape index (κ3) is 3.71. The average molecular weight is 261 g/mol. The summed E-state index contributed by atoms with van der Waals surface area (Å²) in [5.74, 6) is -0.197. The monoisotopic (exact) mass is 261 g/mol. The van der Waals surface area contributed by atoms with Crippen LogP contribution in [0.4, 0.5) is 4.79 Å². The fourth-order valence-corrected chi connectivity index (χ4v) is 2.44. The molecule has 1 aliphatic carbocycles. The van der Waals surface area contributed by atoms with E-state index in [2.05, 4.69) is 10.6 Å². The highest BCUT2D eigenvalue weighted by Crippen LogP contribution is 2.19. The first kappa shape index (κ1) is 13.4. The minimum atomic E-state index is -0.723. The van der Waals surface area contributed by atoms with E-state index in [1.165, 1.54) is 0 Å². The SMILES string of the molecule is NC(=O)NC(C(=O)NC1CCCC1)c1ccccc1. The predicted octanol–water partition coefficient (Wildman–Crippen LogP) is 1.45. The van der Waals surface area contributed by atoms with E-state index in [9.17, 15) is 9.59 Å². The van der Waals surface area contributed by atoms with Crippen molar-refractivity contribution < 1.29 is 9.59 Å². The third-order valence-electron chi connectivity index (χ3n) is 3.38. The second kappa shape index (κ2) is 6.22. The normalized spacial score (nSPS) is 16.8. The summed E-state index contributed by atoms with van der Waals surface area (Å²) in [6.07, 6.45) is 4.29. The Morgan fingerprint density at radius 3 is 2.37 bits per heavy atom. The first-order chi connectivity index (χ1) is 9.16. The van der Waals surface area contributed by atoms with Crippen molar-refractivity contribution in [1.82, 2.24) is 10.6 Å². The van der Waals surface area contributed by atoms with Crippen LogP contribution in [-0.2, 0) is 4.79 Å². The zero-order chi connectivity index (χ0) is 13.7. The number of nitrogens with one attached hydrogen (secondary N) is 2. The van der Waals surface area contributed by atoms with E-state index in [4.69, 9.17) is 5.73 Å². The summed E-state index contributed by atoms with van der Waals surface area (Å²) in [7, 11) is 0. The fraction of sp³-hybridized carbons (Fsp3) is 0.429. The van der Waals surface area contributed by atoms with Crippen molar-refractivity contribution in [3.8, 4) is 0 Å². The van der Waals surface area contributed by atoms with E-state index in [1.807, 2.05) is 18.2 Å². The number of nitrogens with two attached hydrogens (primary N) is 1. The largest absolute Gasteiger partial charge is 0.352 e. The van der Waals surface area contributed by atoms with Gasteiger partial charge in [-0.25, -0.2) is 4.79 Å². The van der Waals surface area contributed by atoms with Gasteiger partial charge in [0, 0.05) is 6.04 Å². The Balaban J connectivity index is 2.08. The molecule has 2 rings (SSSR count). The maximum Gasteiger partial charge on any atom is 0.313 e. The van der Waals surface area contributed by atoms with Crippen molar-refractivity contribution in [2.75, 3.05) is 0 Å². The Labute approximate surface area is 112 Å². The van der Waals surface area contributed by atoms with Crippen LogP contribution in [0.2, 0.25) is 0 Å². The van der Waals surface area contributed by atoms with Crippen molar-refractivity contribution >= 4 is 11.9 Å². The highest BCUT2D eigenvalue weighted by molar-refractivity contribution is 5.87. The molecule has 1 aliphatic rings. The predicted molar refractivity (Wildman–Crippen MR) is 72.3 cm³/mol. The quantitative estimate of drug-likeness (QED) is 0.766. The van der Waals surface area contributed by atoms with Crippen molar-refractivity contribution in [1.29, 1.82) is 0 Å². The van der Waals surface area contributed by atoms with E-state index in [0.29, 0.717) is 0 Å². The van der Waals surface area contributed by atoms with Gasteiger partial charge in [0.2, 0.25) is 5.91 Å². The number of amides is 3. The minimum Gasteiger partial charge on any atom is -0.352 e. The van der Waals surface area contributed by atoms with Gasteiger partial charge >= 0.3 is 6.03 Å². The first-order valence-corrected chi connectivity index (χ1v) is 6.58. The van der Waals surface area contributed by atoms with Crippen molar-refractivity contribution in [2.45, 2.75) is 37.8 Å². The van der Waals surface area contributed by atoms with E-state index >= 15 is 0 Å². The molecule has 0 spiro atoms. The van der Waals surface area contributed by atoms with E-state index in [0.717, 1.165) is 31.2 Å². The molecule has 0 bridgehead atoms. The lowest BCUT2D eigenvalue weighted by Gasteiger charge is -2.20. The number of carbonyl (C=O) groups is 2. The number of carbonyl (C=O) groups excluding carboxylic acids is 2. The number of primary amides is 1. The topological polar surface area (TPSA) is 84.2 Å². The van der Waals surface area contributed by atoms with E-state index in [1.54, 1.807) is 12.1 Å². The van der Waals surface area contributed by atoms with Gasteiger partial charge < -0.3 is 16.4 Å². The van der Waals surface area contributed by atoms with Crippen LogP contribution < -0.4 is 16.4 Å². The van der Waals surface area contributed by atoms with Gasteiger partial charge in [-0.1, -0.05) is 43.2 Å².